The number of hydrogen-bond donors (Lipinski definition) is 0. The zero-order chi connectivity index (χ0) is 56.5. The summed E-state index contributed by atoms with van der Waals surface area (Å²) in [6, 6.07) is 48.5. The van der Waals surface area contributed by atoms with E-state index in [0.717, 1.165) is 39.9 Å². The fourth-order valence-electron chi connectivity index (χ4n) is 8.58. The summed E-state index contributed by atoms with van der Waals surface area (Å²) in [4.78, 5) is 8.77. The molecule has 3 nitrogen and oxygen atoms in total. The van der Waals surface area contributed by atoms with Crippen LogP contribution in [-0.4, -0.2) is 9.97 Å². The van der Waals surface area contributed by atoms with Gasteiger partial charge in [0.05, 0.1) is 5.58 Å². The number of benzene rings is 7. The second-order valence-electron chi connectivity index (χ2n) is 15.8. The molecule has 0 atom stereocenters. The van der Waals surface area contributed by atoms with Crippen molar-refractivity contribution in [3.05, 3.63) is 203 Å². The van der Waals surface area contributed by atoms with Gasteiger partial charge in [-0.1, -0.05) is 158 Å². The third kappa shape index (κ3) is 8.37. The van der Waals surface area contributed by atoms with Crippen LogP contribution in [0.25, 0.3) is 88.6 Å². The van der Waals surface area contributed by atoms with Crippen molar-refractivity contribution >= 4 is 32.7 Å². The van der Waals surface area contributed by atoms with Gasteiger partial charge in [-0.2, -0.15) is 0 Å². The van der Waals surface area contributed by atoms with Crippen molar-refractivity contribution in [1.82, 2.24) is 9.97 Å². The second kappa shape index (κ2) is 18.3. The summed E-state index contributed by atoms with van der Waals surface area (Å²) in [7, 11) is 0. The molecule has 0 amide bonds. The van der Waals surface area contributed by atoms with E-state index in [0.29, 0.717) is 68.8 Å². The van der Waals surface area contributed by atoms with Crippen molar-refractivity contribution in [3.63, 3.8) is 0 Å². The number of nitrogens with zero attached hydrogens (tertiary/aromatic N) is 2. The summed E-state index contributed by atoms with van der Waals surface area (Å²) in [6.07, 6.45) is 5.65. The molecule has 1 aliphatic carbocycles. The molecule has 3 aromatic heterocycles. The minimum absolute atomic E-state index is 0. The van der Waals surface area contributed by atoms with E-state index >= 15 is 0 Å². The minimum Gasteiger partial charge on any atom is -0.500 e. The van der Waals surface area contributed by atoms with E-state index in [1.165, 1.54) is 30.6 Å². The molecule has 317 valence electrons. The van der Waals surface area contributed by atoms with Gasteiger partial charge >= 0.3 is 0 Å². The Hall–Kier alpha value is -6.45. The third-order valence-electron chi connectivity index (χ3n) is 11.8. The standard InChI is InChI=1S/C41H34NO.C19H16N.Ir/c1-25-21-30(28-9-4-5-10-28)16-18-32(25)31-17-19-33(26(2)22-31)38-23-39(42-24-27(38)3)37-14-8-13-35-36-20-15-29-11-6-7-12-34(29)40(36)43-41(35)37;1-14-8-11-19(20-13-14)17-10-9-15(2)18(12-17)16-6-4-3-5-7-16;/h6-8,11-13,15-24,28H,4-5,9-10H2,1-3H3;3-9,11-13H,1-2H3;/q2*-1;/i1D3,2D3,3D3,28D;1D3,2D3;. The van der Waals surface area contributed by atoms with Crippen LogP contribution in [0.15, 0.2) is 162 Å². The van der Waals surface area contributed by atoms with Crippen LogP contribution in [0.2, 0.25) is 0 Å². The summed E-state index contributed by atoms with van der Waals surface area (Å²) in [5, 5.41) is 3.69. The van der Waals surface area contributed by atoms with Crippen molar-refractivity contribution in [3.8, 4) is 55.9 Å². The Labute approximate surface area is 413 Å². The summed E-state index contributed by atoms with van der Waals surface area (Å²) < 4.78 is 137. The Morgan fingerprint density at radius 2 is 1.34 bits per heavy atom. The summed E-state index contributed by atoms with van der Waals surface area (Å²) in [6.45, 7) is -12.4. The molecule has 4 heteroatoms. The number of hydrogen-bond acceptors (Lipinski definition) is 3. The van der Waals surface area contributed by atoms with Gasteiger partial charge in [-0.15, -0.1) is 47.5 Å². The molecule has 1 aliphatic rings. The summed E-state index contributed by atoms with van der Waals surface area (Å²) >= 11 is 0. The van der Waals surface area contributed by atoms with Gasteiger partial charge in [0.15, 0.2) is 0 Å². The van der Waals surface area contributed by atoms with Gasteiger partial charge in [0.1, 0.15) is 5.58 Å². The molecular formula is C60H50IrN2O-2. The summed E-state index contributed by atoms with van der Waals surface area (Å²) in [5.41, 5.74) is 6.34. The Bertz CT molecular complexity index is 3910. The maximum Gasteiger partial charge on any atom is 0.128 e. The molecule has 0 bridgehead atoms. The van der Waals surface area contributed by atoms with Crippen LogP contribution in [0.3, 0.4) is 0 Å². The monoisotopic (exact) mass is 1020 g/mol. The molecule has 0 N–H and O–H groups in total. The maximum absolute atomic E-state index is 8.97. The van der Waals surface area contributed by atoms with E-state index in [9.17, 15) is 0 Å². The molecule has 0 aliphatic heterocycles. The van der Waals surface area contributed by atoms with Gasteiger partial charge in [0.25, 0.3) is 0 Å². The molecule has 11 rings (SSSR count). The van der Waals surface area contributed by atoms with E-state index in [1.807, 2.05) is 72.8 Å². The molecule has 7 aromatic carbocycles. The second-order valence-corrected chi connectivity index (χ2v) is 15.8. The largest absolute Gasteiger partial charge is 0.500 e. The molecule has 1 fully saturated rings. The van der Waals surface area contributed by atoms with Crippen LogP contribution < -0.4 is 0 Å². The number of pyridine rings is 2. The Balaban J connectivity index is 0.000000241. The van der Waals surface area contributed by atoms with Crippen LogP contribution in [0.1, 0.15) is 86.9 Å². The van der Waals surface area contributed by atoms with E-state index in [1.54, 1.807) is 54.6 Å². The first-order valence-electron chi connectivity index (χ1n) is 28.8. The minimum atomic E-state index is -2.71. The number of rotatable bonds is 6. The van der Waals surface area contributed by atoms with Crippen molar-refractivity contribution < 1.29 is 46.5 Å². The van der Waals surface area contributed by atoms with Crippen LogP contribution in [0.4, 0.5) is 0 Å². The van der Waals surface area contributed by atoms with E-state index in [2.05, 4.69) is 22.1 Å². The van der Waals surface area contributed by atoms with Crippen LogP contribution in [0, 0.1) is 46.4 Å². The Morgan fingerprint density at radius 1 is 0.562 bits per heavy atom. The van der Waals surface area contributed by atoms with Gasteiger partial charge in [0, 0.05) is 65.2 Å². The number of fused-ring (bicyclic) bond motifs is 5. The topological polar surface area (TPSA) is 38.9 Å². The van der Waals surface area contributed by atoms with Crippen molar-refractivity contribution in [1.29, 1.82) is 0 Å². The van der Waals surface area contributed by atoms with Gasteiger partial charge in [-0.3, -0.25) is 0 Å². The fourth-order valence-corrected chi connectivity index (χ4v) is 8.58. The average molecular weight is 1020 g/mol. The van der Waals surface area contributed by atoms with Crippen molar-refractivity contribution in [2.45, 2.75) is 65.8 Å². The Morgan fingerprint density at radius 3 is 2.16 bits per heavy atom. The zero-order valence-corrected chi connectivity index (χ0v) is 36.9. The molecule has 0 spiro atoms. The first kappa shape index (κ1) is 27.7. The van der Waals surface area contributed by atoms with Crippen molar-refractivity contribution in [2.24, 2.45) is 0 Å². The van der Waals surface area contributed by atoms with Crippen LogP contribution >= 0.6 is 0 Å². The summed E-state index contributed by atoms with van der Waals surface area (Å²) in [5.74, 6) is -0.866. The molecule has 10 aromatic rings. The van der Waals surface area contributed by atoms with E-state index < -0.39 is 40.2 Å². The molecular weight excluding hydrogens is 957 g/mol. The molecule has 64 heavy (non-hydrogen) atoms. The first-order chi connectivity index (χ1) is 37.2. The first-order valence-corrected chi connectivity index (χ1v) is 20.8. The maximum atomic E-state index is 8.97. The predicted molar refractivity (Wildman–Crippen MR) is 263 cm³/mol. The number of aryl methyl sites for hydroxylation is 5. The average Bonchev–Trinajstić information content (AvgIpc) is 4.08. The zero-order valence-electron chi connectivity index (χ0n) is 50.5. The van der Waals surface area contributed by atoms with E-state index in [-0.39, 0.29) is 59.0 Å². The van der Waals surface area contributed by atoms with Crippen LogP contribution in [-0.2, 0) is 20.1 Å². The molecule has 0 saturated heterocycles. The fraction of sp³-hybridized carbons (Fsp3) is 0.167. The normalized spacial score (nSPS) is 17.8. The quantitative estimate of drug-likeness (QED) is 0.156. The Kier molecular flexibility index (Phi) is 7.93. The van der Waals surface area contributed by atoms with Gasteiger partial charge in [0.2, 0.25) is 0 Å². The van der Waals surface area contributed by atoms with Gasteiger partial charge in [-0.25, -0.2) is 0 Å². The van der Waals surface area contributed by atoms with E-state index in [4.69, 9.17) is 26.3 Å². The predicted octanol–water partition coefficient (Wildman–Crippen LogP) is 16.3. The molecule has 1 saturated carbocycles. The third-order valence-corrected chi connectivity index (χ3v) is 11.8. The number of furan rings is 1. The molecule has 0 unspecified atom stereocenters. The number of aromatic nitrogens is 2. The van der Waals surface area contributed by atoms with Gasteiger partial charge < -0.3 is 14.4 Å². The van der Waals surface area contributed by atoms with Gasteiger partial charge in [-0.05, 0) is 119 Å². The van der Waals surface area contributed by atoms with Crippen molar-refractivity contribution in [2.75, 3.05) is 0 Å². The SMILES string of the molecule is [2H]C([2H])([2H])c1cc(C2([2H])CCCC2)ccc1-c1ccc(-c2cc(-c3[c-]ccc4c3oc3c5ccccc5ccc43)ncc2C([2H])([2H])[2H])c(C([2H])([2H])[2H])c1.[2H]C([2H])([2H])c1ccc(-c2[c-]cc(C([2H])([2H])[2H])c(-c3ccccc3)c2)nc1.[Ir]. The molecule has 1 radical (unpaired) electrons. The van der Waals surface area contributed by atoms with Crippen LogP contribution in [0.5, 0.6) is 0 Å². The molecule has 3 heterocycles. The smallest absolute Gasteiger partial charge is 0.128 e.